The van der Waals surface area contributed by atoms with E-state index in [1.165, 1.54) is 14.2 Å². The molecule has 0 saturated carbocycles. The Kier molecular flexibility index (Phi) is 6.64. The van der Waals surface area contributed by atoms with Gasteiger partial charge in [0.05, 0.1) is 20.6 Å². The SMILES string of the molecule is COc1ccc(C(=O)NN=C(C)CC(=O)Nc2cccc3ccccc23)cc1OC. The number of nitrogens with one attached hydrogen (secondary N) is 2. The van der Waals surface area contributed by atoms with Gasteiger partial charge in [-0.1, -0.05) is 36.4 Å². The summed E-state index contributed by atoms with van der Waals surface area (Å²) in [5.41, 5.74) is 4.03. The number of hydrogen-bond acceptors (Lipinski definition) is 5. The van der Waals surface area contributed by atoms with E-state index in [0.717, 1.165) is 16.5 Å². The quantitative estimate of drug-likeness (QED) is 0.459. The number of nitrogens with zero attached hydrogens (tertiary/aromatic N) is 1. The molecule has 0 bridgehead atoms. The average molecular weight is 405 g/mol. The van der Waals surface area contributed by atoms with Crippen LogP contribution in [0.1, 0.15) is 23.7 Å². The maximum absolute atomic E-state index is 12.4. The maximum Gasteiger partial charge on any atom is 0.271 e. The molecule has 3 aromatic rings. The lowest BCUT2D eigenvalue weighted by molar-refractivity contribution is -0.115. The van der Waals surface area contributed by atoms with Gasteiger partial charge in [0.25, 0.3) is 5.91 Å². The van der Waals surface area contributed by atoms with Gasteiger partial charge in [-0.15, -0.1) is 0 Å². The zero-order valence-corrected chi connectivity index (χ0v) is 17.1. The van der Waals surface area contributed by atoms with Crippen molar-refractivity contribution in [3.63, 3.8) is 0 Å². The first-order valence-electron chi connectivity index (χ1n) is 9.35. The molecule has 0 spiro atoms. The molecule has 0 heterocycles. The fraction of sp³-hybridized carbons (Fsp3) is 0.174. The molecule has 0 unspecified atom stereocenters. The van der Waals surface area contributed by atoms with Gasteiger partial charge >= 0.3 is 0 Å². The van der Waals surface area contributed by atoms with Crippen LogP contribution in [0.15, 0.2) is 65.8 Å². The number of hydrazone groups is 1. The van der Waals surface area contributed by atoms with Crippen LogP contribution in [0.3, 0.4) is 0 Å². The highest BCUT2D eigenvalue weighted by molar-refractivity contribution is 6.09. The monoisotopic (exact) mass is 405 g/mol. The Balaban J connectivity index is 1.62. The average Bonchev–Trinajstić information content (AvgIpc) is 2.77. The number of amides is 2. The van der Waals surface area contributed by atoms with Crippen LogP contribution in [0.25, 0.3) is 10.8 Å². The first kappa shape index (κ1) is 20.9. The van der Waals surface area contributed by atoms with Gasteiger partial charge < -0.3 is 14.8 Å². The van der Waals surface area contributed by atoms with Gasteiger partial charge in [-0.3, -0.25) is 9.59 Å². The highest BCUT2D eigenvalue weighted by atomic mass is 16.5. The third-order valence-electron chi connectivity index (χ3n) is 4.47. The van der Waals surface area contributed by atoms with Crippen LogP contribution >= 0.6 is 0 Å². The number of rotatable bonds is 7. The summed E-state index contributed by atoms with van der Waals surface area (Å²) in [4.78, 5) is 24.7. The summed E-state index contributed by atoms with van der Waals surface area (Å²) in [7, 11) is 3.02. The molecule has 2 N–H and O–H groups in total. The van der Waals surface area contributed by atoms with Crippen LogP contribution < -0.4 is 20.2 Å². The van der Waals surface area contributed by atoms with Crippen LogP contribution in [0, 0.1) is 0 Å². The lowest BCUT2D eigenvalue weighted by Gasteiger charge is -2.10. The molecule has 0 aromatic heterocycles. The molecule has 0 radical (unpaired) electrons. The van der Waals surface area contributed by atoms with Gasteiger partial charge in [0.2, 0.25) is 5.91 Å². The van der Waals surface area contributed by atoms with Crippen LogP contribution in [0.5, 0.6) is 11.5 Å². The topological polar surface area (TPSA) is 89.0 Å². The molecule has 30 heavy (non-hydrogen) atoms. The van der Waals surface area contributed by atoms with Gasteiger partial charge in [0.15, 0.2) is 11.5 Å². The van der Waals surface area contributed by atoms with Crippen molar-refractivity contribution in [2.45, 2.75) is 13.3 Å². The number of carbonyl (C=O) groups excluding carboxylic acids is 2. The molecule has 154 valence electrons. The van der Waals surface area contributed by atoms with E-state index < -0.39 is 5.91 Å². The summed E-state index contributed by atoms with van der Waals surface area (Å²) in [6, 6.07) is 18.4. The lowest BCUT2D eigenvalue weighted by atomic mass is 10.1. The lowest BCUT2D eigenvalue weighted by Crippen LogP contribution is -2.21. The van der Waals surface area contributed by atoms with E-state index in [2.05, 4.69) is 15.8 Å². The van der Waals surface area contributed by atoms with E-state index in [1.807, 2.05) is 42.5 Å². The van der Waals surface area contributed by atoms with E-state index in [4.69, 9.17) is 9.47 Å². The number of carbonyl (C=O) groups is 2. The van der Waals surface area contributed by atoms with Crippen molar-refractivity contribution in [1.29, 1.82) is 0 Å². The second-order valence-electron chi connectivity index (χ2n) is 6.61. The normalized spacial score (nSPS) is 11.1. The molecule has 0 saturated heterocycles. The zero-order valence-electron chi connectivity index (χ0n) is 17.1. The number of methoxy groups -OCH3 is 2. The molecule has 2 amide bonds. The number of hydrogen-bond donors (Lipinski definition) is 2. The Morgan fingerprint density at radius 2 is 1.67 bits per heavy atom. The van der Waals surface area contributed by atoms with Crippen molar-refractivity contribution in [3.05, 3.63) is 66.2 Å². The van der Waals surface area contributed by atoms with E-state index in [-0.39, 0.29) is 12.3 Å². The molecule has 0 aliphatic carbocycles. The summed E-state index contributed by atoms with van der Waals surface area (Å²) in [6.45, 7) is 1.68. The van der Waals surface area contributed by atoms with Crippen molar-refractivity contribution < 1.29 is 19.1 Å². The predicted octanol–water partition coefficient (Wildman–Crippen LogP) is 3.99. The van der Waals surface area contributed by atoms with Crippen LogP contribution in [0.4, 0.5) is 5.69 Å². The summed E-state index contributed by atoms with van der Waals surface area (Å²) in [5.74, 6) is 0.344. The molecule has 0 fully saturated rings. The number of ether oxygens (including phenoxy) is 2. The third kappa shape index (κ3) is 4.94. The fourth-order valence-electron chi connectivity index (χ4n) is 2.99. The van der Waals surface area contributed by atoms with Crippen LogP contribution in [-0.2, 0) is 4.79 Å². The smallest absolute Gasteiger partial charge is 0.271 e. The van der Waals surface area contributed by atoms with Crippen molar-refractivity contribution in [1.82, 2.24) is 5.43 Å². The highest BCUT2D eigenvalue weighted by Crippen LogP contribution is 2.27. The minimum absolute atomic E-state index is 0.0510. The molecule has 3 aromatic carbocycles. The summed E-state index contributed by atoms with van der Waals surface area (Å²) in [6.07, 6.45) is 0.0510. The third-order valence-corrected chi connectivity index (χ3v) is 4.47. The molecule has 7 heteroatoms. The Bertz CT molecular complexity index is 1100. The molecule has 7 nitrogen and oxygen atoms in total. The minimum Gasteiger partial charge on any atom is -0.493 e. The predicted molar refractivity (Wildman–Crippen MR) is 117 cm³/mol. The maximum atomic E-state index is 12.4. The summed E-state index contributed by atoms with van der Waals surface area (Å²) in [5, 5.41) is 8.93. The Morgan fingerprint density at radius 3 is 2.43 bits per heavy atom. The van der Waals surface area contributed by atoms with Crippen LogP contribution in [0.2, 0.25) is 0 Å². The molecule has 0 atom stereocenters. The number of fused-ring (bicyclic) bond motifs is 1. The highest BCUT2D eigenvalue weighted by Gasteiger charge is 2.11. The first-order valence-corrected chi connectivity index (χ1v) is 9.35. The standard InChI is InChI=1S/C23H23N3O4/c1-15(25-26-23(28)17-11-12-20(29-2)21(14-17)30-3)13-22(27)24-19-10-6-8-16-7-4-5-9-18(16)19/h4-12,14H,13H2,1-3H3,(H,24,27)(H,26,28). The van der Waals surface area contributed by atoms with Gasteiger partial charge in [-0.2, -0.15) is 5.10 Å². The van der Waals surface area contributed by atoms with Gasteiger partial charge in [0, 0.05) is 22.3 Å². The second-order valence-corrected chi connectivity index (χ2v) is 6.61. The Morgan fingerprint density at radius 1 is 0.933 bits per heavy atom. The van der Waals surface area contributed by atoms with Crippen molar-refractivity contribution in [2.24, 2.45) is 5.10 Å². The molecule has 3 rings (SSSR count). The first-order chi connectivity index (χ1) is 14.5. The van der Waals surface area contributed by atoms with E-state index in [9.17, 15) is 9.59 Å². The van der Waals surface area contributed by atoms with Gasteiger partial charge in [-0.05, 0) is 36.6 Å². The Labute approximate surface area is 174 Å². The molecular formula is C23H23N3O4. The number of benzene rings is 3. The summed E-state index contributed by atoms with van der Waals surface area (Å²) >= 11 is 0. The minimum atomic E-state index is -0.412. The van der Waals surface area contributed by atoms with Crippen molar-refractivity contribution >= 4 is 34.0 Å². The molecule has 0 aliphatic heterocycles. The molecular weight excluding hydrogens is 382 g/mol. The largest absolute Gasteiger partial charge is 0.493 e. The number of anilines is 1. The van der Waals surface area contributed by atoms with E-state index >= 15 is 0 Å². The second kappa shape index (κ2) is 9.56. The van der Waals surface area contributed by atoms with Crippen molar-refractivity contribution in [2.75, 3.05) is 19.5 Å². The van der Waals surface area contributed by atoms with Crippen LogP contribution in [-0.4, -0.2) is 31.7 Å². The summed E-state index contributed by atoms with van der Waals surface area (Å²) < 4.78 is 10.4. The van der Waals surface area contributed by atoms with Gasteiger partial charge in [-0.25, -0.2) is 5.43 Å². The van der Waals surface area contributed by atoms with E-state index in [1.54, 1.807) is 25.1 Å². The molecule has 0 aliphatic rings. The fourth-order valence-corrected chi connectivity index (χ4v) is 2.99. The Hall–Kier alpha value is -3.87. The zero-order chi connectivity index (χ0) is 21.5. The van der Waals surface area contributed by atoms with Crippen molar-refractivity contribution in [3.8, 4) is 11.5 Å². The van der Waals surface area contributed by atoms with E-state index in [0.29, 0.717) is 22.8 Å². The van der Waals surface area contributed by atoms with Gasteiger partial charge in [0.1, 0.15) is 0 Å².